The SMILES string of the molecule is Nc1ncc(-c2cn(C3CC4(N5CCOCC5)CC3C4)c(CC3CC3)n2)cc1OC(F)(F)F. The molecule has 2 aromatic rings. The fourth-order valence-corrected chi connectivity index (χ4v) is 6.05. The van der Waals surface area contributed by atoms with Crippen LogP contribution in [0.5, 0.6) is 5.75 Å². The molecule has 1 saturated heterocycles. The molecule has 2 aromatic heterocycles. The van der Waals surface area contributed by atoms with Crippen LogP contribution >= 0.6 is 0 Å². The summed E-state index contributed by atoms with van der Waals surface area (Å²) in [6.45, 7) is 3.57. The van der Waals surface area contributed by atoms with Crippen molar-refractivity contribution in [1.29, 1.82) is 0 Å². The van der Waals surface area contributed by atoms with E-state index in [0.29, 0.717) is 29.1 Å². The van der Waals surface area contributed by atoms with Gasteiger partial charge >= 0.3 is 6.36 Å². The van der Waals surface area contributed by atoms with E-state index in [-0.39, 0.29) is 11.4 Å². The summed E-state index contributed by atoms with van der Waals surface area (Å²) in [6, 6.07) is 1.66. The van der Waals surface area contributed by atoms with Gasteiger partial charge in [-0.15, -0.1) is 13.2 Å². The summed E-state index contributed by atoms with van der Waals surface area (Å²) in [5.41, 5.74) is 6.98. The molecule has 178 valence electrons. The number of fused-ring (bicyclic) bond motifs is 1. The number of anilines is 1. The van der Waals surface area contributed by atoms with E-state index in [1.54, 1.807) is 0 Å². The molecule has 0 amide bonds. The van der Waals surface area contributed by atoms with Crippen LogP contribution < -0.4 is 10.5 Å². The highest BCUT2D eigenvalue weighted by Crippen LogP contribution is 2.61. The maximum atomic E-state index is 12.8. The number of halogens is 3. The summed E-state index contributed by atoms with van der Waals surface area (Å²) in [4.78, 5) is 11.4. The van der Waals surface area contributed by atoms with E-state index >= 15 is 0 Å². The third kappa shape index (κ3) is 3.97. The molecule has 33 heavy (non-hydrogen) atoms. The van der Waals surface area contributed by atoms with Crippen molar-refractivity contribution in [1.82, 2.24) is 19.4 Å². The molecule has 2 bridgehead atoms. The van der Waals surface area contributed by atoms with Crippen LogP contribution in [-0.2, 0) is 11.2 Å². The number of imidazole rings is 1. The zero-order valence-corrected chi connectivity index (χ0v) is 18.4. The Morgan fingerprint density at radius 1 is 1.18 bits per heavy atom. The van der Waals surface area contributed by atoms with Gasteiger partial charge in [0.25, 0.3) is 0 Å². The molecule has 2 N–H and O–H groups in total. The summed E-state index contributed by atoms with van der Waals surface area (Å²) >= 11 is 0. The van der Waals surface area contributed by atoms with E-state index in [1.165, 1.54) is 37.9 Å². The minimum Gasteiger partial charge on any atom is -0.402 e. The Balaban J connectivity index is 1.30. The van der Waals surface area contributed by atoms with Gasteiger partial charge in [-0.2, -0.15) is 0 Å². The second-order valence-electron chi connectivity index (χ2n) is 10.0. The minimum absolute atomic E-state index is 0.261. The quantitative estimate of drug-likeness (QED) is 0.702. The number of nitrogens with zero attached hydrogens (tertiary/aromatic N) is 4. The highest BCUT2D eigenvalue weighted by Gasteiger charge is 2.59. The zero-order valence-electron chi connectivity index (χ0n) is 18.4. The number of morpholine rings is 1. The van der Waals surface area contributed by atoms with Crippen LogP contribution in [0.3, 0.4) is 0 Å². The number of aromatic nitrogens is 3. The van der Waals surface area contributed by atoms with Crippen LogP contribution in [-0.4, -0.2) is 57.6 Å². The first kappa shape index (κ1) is 21.2. The second-order valence-corrected chi connectivity index (χ2v) is 10.0. The number of hydrogen-bond donors (Lipinski definition) is 1. The number of pyridine rings is 1. The average Bonchev–Trinajstić information content (AvgIpc) is 3.18. The Kier molecular flexibility index (Phi) is 4.88. The average molecular weight is 464 g/mol. The van der Waals surface area contributed by atoms with Gasteiger partial charge in [0.1, 0.15) is 5.82 Å². The molecule has 10 heteroatoms. The summed E-state index contributed by atoms with van der Waals surface area (Å²) in [6.07, 6.45) is 5.44. The predicted molar refractivity (Wildman–Crippen MR) is 114 cm³/mol. The fourth-order valence-electron chi connectivity index (χ4n) is 6.05. The van der Waals surface area contributed by atoms with Gasteiger partial charge in [-0.3, -0.25) is 4.90 Å². The first-order chi connectivity index (χ1) is 15.8. The van der Waals surface area contributed by atoms with Crippen molar-refractivity contribution in [3.05, 3.63) is 24.3 Å². The standard InChI is InChI=1S/C23H28F3N5O2/c24-23(25,26)33-19-8-15(12-28-21(19)27)17-13-31(20(29-17)7-14-1-2-14)18-11-22(9-16(18)10-22)30-3-5-32-6-4-30/h8,12-14,16,18H,1-7,9-11H2,(H2,27,28). The van der Waals surface area contributed by atoms with E-state index in [4.69, 9.17) is 15.5 Å². The zero-order chi connectivity index (χ0) is 22.8. The number of ether oxygens (including phenoxy) is 2. The number of hydrogen-bond acceptors (Lipinski definition) is 6. The van der Waals surface area contributed by atoms with Gasteiger partial charge in [0.05, 0.1) is 18.9 Å². The first-order valence-electron chi connectivity index (χ1n) is 11.7. The summed E-state index contributed by atoms with van der Waals surface area (Å²) in [7, 11) is 0. The summed E-state index contributed by atoms with van der Waals surface area (Å²) < 4.78 is 50.3. The molecular weight excluding hydrogens is 435 g/mol. The summed E-state index contributed by atoms with van der Waals surface area (Å²) in [5, 5.41) is 0. The molecule has 0 spiro atoms. The number of nitrogens with two attached hydrogens (primary N) is 1. The number of alkyl halides is 3. The molecule has 7 rings (SSSR count). The van der Waals surface area contributed by atoms with Crippen molar-refractivity contribution in [3.63, 3.8) is 0 Å². The fraction of sp³-hybridized carbons (Fsp3) is 0.652. The highest BCUT2D eigenvalue weighted by molar-refractivity contribution is 5.63. The number of rotatable bonds is 6. The third-order valence-electron chi connectivity index (χ3n) is 7.84. The van der Waals surface area contributed by atoms with Crippen LogP contribution in [0.4, 0.5) is 19.0 Å². The maximum Gasteiger partial charge on any atom is 0.573 e. The Morgan fingerprint density at radius 2 is 1.94 bits per heavy atom. The topological polar surface area (TPSA) is 78.4 Å². The largest absolute Gasteiger partial charge is 0.573 e. The molecule has 1 aliphatic heterocycles. The predicted octanol–water partition coefficient (Wildman–Crippen LogP) is 3.80. The van der Waals surface area contributed by atoms with Crippen LogP contribution in [0.25, 0.3) is 11.3 Å². The lowest BCUT2D eigenvalue weighted by Gasteiger charge is -2.49. The monoisotopic (exact) mass is 463 g/mol. The van der Waals surface area contributed by atoms with Crippen molar-refractivity contribution >= 4 is 5.82 Å². The van der Waals surface area contributed by atoms with E-state index in [1.807, 2.05) is 6.20 Å². The minimum atomic E-state index is -4.83. The lowest BCUT2D eigenvalue weighted by molar-refractivity contribution is -0.274. The number of nitrogen functional groups attached to an aromatic ring is 1. The molecule has 5 aliphatic rings. The van der Waals surface area contributed by atoms with Crippen LogP contribution in [0.1, 0.15) is 44.0 Å². The second kappa shape index (κ2) is 7.59. The molecule has 4 saturated carbocycles. The Labute approximate surface area is 190 Å². The van der Waals surface area contributed by atoms with E-state index in [2.05, 4.69) is 19.2 Å². The highest BCUT2D eigenvalue weighted by atomic mass is 19.4. The molecule has 7 nitrogen and oxygen atoms in total. The van der Waals surface area contributed by atoms with Gasteiger partial charge in [-0.05, 0) is 50.0 Å². The van der Waals surface area contributed by atoms with Crippen LogP contribution in [0.15, 0.2) is 18.5 Å². The van der Waals surface area contributed by atoms with Crippen molar-refractivity contribution in [2.24, 2.45) is 11.8 Å². The molecule has 1 unspecified atom stereocenters. The molecule has 5 fully saturated rings. The van der Waals surface area contributed by atoms with E-state index in [9.17, 15) is 13.2 Å². The first-order valence-corrected chi connectivity index (χ1v) is 11.7. The van der Waals surface area contributed by atoms with Gasteiger partial charge in [0.2, 0.25) is 0 Å². The summed E-state index contributed by atoms with van der Waals surface area (Å²) in [5.74, 6) is 1.50. The third-order valence-corrected chi connectivity index (χ3v) is 7.84. The van der Waals surface area contributed by atoms with Crippen LogP contribution in [0.2, 0.25) is 0 Å². The lowest BCUT2D eigenvalue weighted by Crippen LogP contribution is -2.56. The molecule has 0 radical (unpaired) electrons. The smallest absolute Gasteiger partial charge is 0.402 e. The Hall–Kier alpha value is -2.33. The molecule has 0 aromatic carbocycles. The van der Waals surface area contributed by atoms with Crippen molar-refractivity contribution in [3.8, 4) is 17.0 Å². The normalized spacial score (nSPS) is 29.8. The van der Waals surface area contributed by atoms with Gasteiger partial charge in [0, 0.05) is 49.0 Å². The van der Waals surface area contributed by atoms with Gasteiger partial charge in [-0.1, -0.05) is 0 Å². The Morgan fingerprint density at radius 3 is 2.64 bits per heavy atom. The van der Waals surface area contributed by atoms with E-state index in [0.717, 1.165) is 45.0 Å². The maximum absolute atomic E-state index is 12.8. The van der Waals surface area contributed by atoms with Gasteiger partial charge < -0.3 is 19.8 Å². The van der Waals surface area contributed by atoms with Crippen molar-refractivity contribution in [2.75, 3.05) is 32.0 Å². The van der Waals surface area contributed by atoms with Crippen molar-refractivity contribution < 1.29 is 22.6 Å². The van der Waals surface area contributed by atoms with Gasteiger partial charge in [-0.25, -0.2) is 9.97 Å². The molecule has 4 aliphatic carbocycles. The molecule has 3 heterocycles. The molecule has 1 atom stereocenters. The van der Waals surface area contributed by atoms with Crippen LogP contribution in [0, 0.1) is 11.8 Å². The van der Waals surface area contributed by atoms with Crippen molar-refractivity contribution in [2.45, 2.75) is 56.5 Å². The Bertz CT molecular complexity index is 1040. The van der Waals surface area contributed by atoms with Gasteiger partial charge in [0.15, 0.2) is 11.6 Å². The lowest BCUT2D eigenvalue weighted by atomic mass is 9.75. The van der Waals surface area contributed by atoms with E-state index < -0.39 is 12.1 Å². The molecular formula is C23H28F3N5O2.